The Labute approximate surface area is 112 Å². The lowest BCUT2D eigenvalue weighted by Gasteiger charge is -2.16. The summed E-state index contributed by atoms with van der Waals surface area (Å²) in [6.07, 6.45) is 2.42. The van der Waals surface area contributed by atoms with E-state index in [1.165, 1.54) is 25.4 Å². The zero-order valence-corrected chi connectivity index (χ0v) is 12.3. The second-order valence-corrected chi connectivity index (χ2v) is 8.38. The van der Waals surface area contributed by atoms with Gasteiger partial charge in [0, 0.05) is 26.0 Å². The molecule has 0 spiro atoms. The second-order valence-electron chi connectivity index (χ2n) is 3.75. The highest BCUT2D eigenvalue weighted by Crippen LogP contribution is 2.21. The Morgan fingerprint density at radius 1 is 1.33 bits per heavy atom. The molecular weight excluding hydrogens is 300 g/mol. The van der Waals surface area contributed by atoms with E-state index in [9.17, 15) is 16.8 Å². The van der Waals surface area contributed by atoms with Crippen molar-refractivity contribution in [1.82, 2.24) is 9.29 Å². The highest BCUT2D eigenvalue weighted by Gasteiger charge is 2.24. The van der Waals surface area contributed by atoms with E-state index >= 15 is 0 Å². The first-order valence-corrected chi connectivity index (χ1v) is 8.77. The summed E-state index contributed by atoms with van der Waals surface area (Å²) >= 11 is 5.71. The highest BCUT2D eigenvalue weighted by atomic mass is 35.5. The van der Waals surface area contributed by atoms with Crippen LogP contribution in [0.5, 0.6) is 0 Å². The third-order valence-corrected chi connectivity index (χ3v) is 5.42. The normalized spacial score (nSPS) is 12.9. The van der Waals surface area contributed by atoms with Gasteiger partial charge in [-0.1, -0.05) is 11.6 Å². The number of nitrogens with zero attached hydrogens (tertiary/aromatic N) is 2. The molecule has 1 heterocycles. The summed E-state index contributed by atoms with van der Waals surface area (Å²) in [7, 11) is -5.75. The maximum absolute atomic E-state index is 12.1. The fraction of sp³-hybridized carbons (Fsp3) is 0.444. The Hall–Kier alpha value is -0.700. The summed E-state index contributed by atoms with van der Waals surface area (Å²) in [5.74, 6) is -0.249. The summed E-state index contributed by atoms with van der Waals surface area (Å²) in [6.45, 7) is -0.133. The van der Waals surface area contributed by atoms with Crippen molar-refractivity contribution in [2.75, 3.05) is 25.6 Å². The quantitative estimate of drug-likeness (QED) is 0.735. The van der Waals surface area contributed by atoms with Crippen molar-refractivity contribution in [3.63, 3.8) is 0 Å². The zero-order valence-electron chi connectivity index (χ0n) is 9.87. The smallest absolute Gasteiger partial charge is 0.243 e. The van der Waals surface area contributed by atoms with Crippen LogP contribution in [0, 0.1) is 0 Å². The van der Waals surface area contributed by atoms with Crippen molar-refractivity contribution in [2.45, 2.75) is 4.90 Å². The van der Waals surface area contributed by atoms with Crippen LogP contribution in [-0.2, 0) is 19.9 Å². The van der Waals surface area contributed by atoms with Crippen molar-refractivity contribution in [1.29, 1.82) is 0 Å². The van der Waals surface area contributed by atoms with E-state index in [1.54, 1.807) is 0 Å². The maximum Gasteiger partial charge on any atom is 0.245 e. The van der Waals surface area contributed by atoms with E-state index in [2.05, 4.69) is 4.98 Å². The van der Waals surface area contributed by atoms with Gasteiger partial charge < -0.3 is 0 Å². The van der Waals surface area contributed by atoms with Gasteiger partial charge in [0.25, 0.3) is 0 Å². The van der Waals surface area contributed by atoms with Crippen LogP contribution in [-0.4, -0.2) is 51.7 Å². The number of sulfone groups is 1. The number of sulfonamides is 1. The Morgan fingerprint density at radius 3 is 2.44 bits per heavy atom. The maximum atomic E-state index is 12.1. The van der Waals surface area contributed by atoms with Gasteiger partial charge in [0.1, 0.15) is 19.9 Å². The standard InChI is InChI=1S/C9H13ClN2O4S2/c1-12(6-7-17(2,13)14)18(15,16)8-4-3-5-11-9(8)10/h3-5H,6-7H2,1-2H3. The predicted molar refractivity (Wildman–Crippen MR) is 68.8 cm³/mol. The van der Waals surface area contributed by atoms with E-state index < -0.39 is 19.9 Å². The molecule has 102 valence electrons. The van der Waals surface area contributed by atoms with Gasteiger partial charge in [0.2, 0.25) is 10.0 Å². The van der Waals surface area contributed by atoms with Gasteiger partial charge >= 0.3 is 0 Å². The predicted octanol–water partition coefficient (Wildman–Crippen LogP) is 0.400. The van der Waals surface area contributed by atoms with E-state index in [1.807, 2.05) is 0 Å². The molecule has 0 unspecified atom stereocenters. The number of hydrogen-bond acceptors (Lipinski definition) is 5. The second kappa shape index (κ2) is 5.52. The Bertz CT molecular complexity index is 628. The Morgan fingerprint density at radius 2 is 1.94 bits per heavy atom. The monoisotopic (exact) mass is 312 g/mol. The van der Waals surface area contributed by atoms with Crippen LogP contribution in [0.1, 0.15) is 0 Å². The molecule has 0 saturated heterocycles. The number of halogens is 1. The first kappa shape index (κ1) is 15.4. The highest BCUT2D eigenvalue weighted by molar-refractivity contribution is 7.91. The minimum Gasteiger partial charge on any atom is -0.243 e. The van der Waals surface area contributed by atoms with Gasteiger partial charge in [0.05, 0.1) is 5.75 Å². The van der Waals surface area contributed by atoms with Gasteiger partial charge in [-0.05, 0) is 12.1 Å². The van der Waals surface area contributed by atoms with Gasteiger partial charge in [-0.3, -0.25) is 0 Å². The molecule has 0 bridgehead atoms. The molecule has 0 amide bonds. The van der Waals surface area contributed by atoms with Crippen LogP contribution in [0.2, 0.25) is 5.15 Å². The van der Waals surface area contributed by atoms with Crippen molar-refractivity contribution in [2.24, 2.45) is 0 Å². The fourth-order valence-electron chi connectivity index (χ4n) is 1.15. The van der Waals surface area contributed by atoms with Crippen LogP contribution < -0.4 is 0 Å². The van der Waals surface area contributed by atoms with Gasteiger partial charge in [-0.2, -0.15) is 4.31 Å². The average molecular weight is 313 g/mol. The van der Waals surface area contributed by atoms with Crippen LogP contribution in [0.25, 0.3) is 0 Å². The molecule has 1 rings (SSSR count). The molecule has 1 aromatic heterocycles. The Kier molecular flexibility index (Phi) is 4.71. The molecule has 0 N–H and O–H groups in total. The lowest BCUT2D eigenvalue weighted by Crippen LogP contribution is -2.31. The molecule has 0 aliphatic rings. The van der Waals surface area contributed by atoms with E-state index in [4.69, 9.17) is 11.6 Å². The molecule has 6 nitrogen and oxygen atoms in total. The third kappa shape index (κ3) is 3.91. The van der Waals surface area contributed by atoms with Crippen LogP contribution in [0.4, 0.5) is 0 Å². The van der Waals surface area contributed by atoms with Crippen molar-refractivity contribution >= 4 is 31.5 Å². The van der Waals surface area contributed by atoms with Crippen molar-refractivity contribution in [3.05, 3.63) is 23.5 Å². The number of hydrogen-bond donors (Lipinski definition) is 0. The fourth-order valence-corrected chi connectivity index (χ4v) is 3.46. The summed E-state index contributed by atoms with van der Waals surface area (Å²) < 4.78 is 47.1. The molecule has 0 radical (unpaired) electrons. The molecule has 0 fully saturated rings. The summed E-state index contributed by atoms with van der Waals surface area (Å²) in [5.41, 5.74) is 0. The van der Waals surface area contributed by atoms with Crippen molar-refractivity contribution in [3.8, 4) is 0 Å². The lowest BCUT2D eigenvalue weighted by atomic mass is 10.5. The van der Waals surface area contributed by atoms with Gasteiger partial charge in [-0.25, -0.2) is 21.8 Å². The molecule has 0 atom stereocenters. The molecular formula is C9H13ClN2O4S2. The first-order chi connectivity index (χ1) is 8.14. The number of aromatic nitrogens is 1. The van der Waals surface area contributed by atoms with Crippen molar-refractivity contribution < 1.29 is 16.8 Å². The minimum absolute atomic E-state index is 0.133. The van der Waals surface area contributed by atoms with Crippen LogP contribution in [0.15, 0.2) is 23.2 Å². The van der Waals surface area contributed by atoms with Gasteiger partial charge in [0.15, 0.2) is 0 Å². The molecule has 18 heavy (non-hydrogen) atoms. The molecule has 9 heteroatoms. The molecule has 0 saturated carbocycles. The first-order valence-electron chi connectivity index (χ1n) is 4.89. The largest absolute Gasteiger partial charge is 0.245 e. The molecule has 0 aliphatic carbocycles. The summed E-state index contributed by atoms with van der Waals surface area (Å²) in [4.78, 5) is 3.54. The molecule has 0 aromatic carbocycles. The van der Waals surface area contributed by atoms with Crippen LogP contribution in [0.3, 0.4) is 0 Å². The number of pyridine rings is 1. The van der Waals surface area contributed by atoms with E-state index in [0.717, 1.165) is 10.6 Å². The van der Waals surface area contributed by atoms with E-state index in [-0.39, 0.29) is 22.3 Å². The average Bonchev–Trinajstić information content (AvgIpc) is 2.25. The topological polar surface area (TPSA) is 84.4 Å². The summed E-state index contributed by atoms with van der Waals surface area (Å²) in [6, 6.07) is 2.77. The lowest BCUT2D eigenvalue weighted by molar-refractivity contribution is 0.484. The third-order valence-electron chi connectivity index (χ3n) is 2.19. The van der Waals surface area contributed by atoms with Gasteiger partial charge in [-0.15, -0.1) is 0 Å². The summed E-state index contributed by atoms with van der Waals surface area (Å²) in [5, 5.41) is -0.135. The van der Waals surface area contributed by atoms with Crippen LogP contribution >= 0.6 is 11.6 Å². The van der Waals surface area contributed by atoms with E-state index in [0.29, 0.717) is 0 Å². The molecule has 1 aromatic rings. The SMILES string of the molecule is CN(CCS(C)(=O)=O)S(=O)(=O)c1cccnc1Cl. The molecule has 0 aliphatic heterocycles. The number of rotatable bonds is 5. The minimum atomic E-state index is -3.82. The zero-order chi connectivity index (χ0) is 14.0. The Balaban J connectivity index is 2.98.